The molecule has 0 aliphatic rings. The van der Waals surface area contributed by atoms with Gasteiger partial charge in [0.2, 0.25) is 4.96 Å². The maximum absolute atomic E-state index is 12.5. The largest absolute Gasteiger partial charge is 0.287 e. The highest BCUT2D eigenvalue weighted by atomic mass is 32.2. The topological polar surface area (TPSA) is 65.1 Å². The van der Waals surface area contributed by atoms with E-state index in [1.54, 1.807) is 17.8 Å². The lowest BCUT2D eigenvalue weighted by Crippen LogP contribution is -2.15. The van der Waals surface area contributed by atoms with Crippen LogP contribution in [0.25, 0.3) is 21.9 Å². The van der Waals surface area contributed by atoms with Crippen LogP contribution in [0.4, 0.5) is 0 Å². The van der Waals surface area contributed by atoms with Gasteiger partial charge < -0.3 is 0 Å². The summed E-state index contributed by atoms with van der Waals surface area (Å²) in [5, 5.41) is 6.08. The van der Waals surface area contributed by atoms with E-state index < -0.39 is 0 Å². The normalized spacial score (nSPS) is 11.3. The van der Waals surface area contributed by atoms with Crippen molar-refractivity contribution in [3.63, 3.8) is 0 Å². The summed E-state index contributed by atoms with van der Waals surface area (Å²) in [6.45, 7) is 4.10. The lowest BCUT2D eigenvalue weighted by Gasteiger charge is -2.12. The number of para-hydroxylation sites is 1. The van der Waals surface area contributed by atoms with Crippen LogP contribution in [0, 0.1) is 6.92 Å². The fourth-order valence-electron chi connectivity index (χ4n) is 3.44. The highest BCUT2D eigenvalue weighted by molar-refractivity contribution is 7.98. The predicted molar refractivity (Wildman–Crippen MR) is 130 cm³/mol. The van der Waals surface area contributed by atoms with Crippen LogP contribution < -0.4 is 5.56 Å². The minimum absolute atomic E-state index is 0.145. The van der Waals surface area contributed by atoms with Crippen molar-refractivity contribution in [2.75, 3.05) is 0 Å². The molecule has 0 aliphatic carbocycles. The Labute approximate surface area is 193 Å². The monoisotopic (exact) mass is 459 g/mol. The van der Waals surface area contributed by atoms with Crippen molar-refractivity contribution in [1.29, 1.82) is 0 Å². The number of aromatic nitrogens is 5. The Bertz CT molecular complexity index is 1440. The predicted octanol–water partition coefficient (Wildman–Crippen LogP) is 5.17. The molecule has 0 radical (unpaired) electrons. The molecule has 0 bridgehead atoms. The van der Waals surface area contributed by atoms with Gasteiger partial charge in [0.1, 0.15) is 5.01 Å². The van der Waals surface area contributed by atoms with Crippen LogP contribution in [-0.4, -0.2) is 24.1 Å². The smallest absolute Gasteiger partial charge is 0.275 e. The van der Waals surface area contributed by atoms with Gasteiger partial charge in [-0.1, -0.05) is 78.1 Å². The van der Waals surface area contributed by atoms with Crippen molar-refractivity contribution < 1.29 is 0 Å². The van der Waals surface area contributed by atoms with Crippen molar-refractivity contribution in [3.8, 4) is 16.9 Å². The number of fused-ring (bicyclic) bond motifs is 1. The summed E-state index contributed by atoms with van der Waals surface area (Å²) < 4.78 is 3.54. The summed E-state index contributed by atoms with van der Waals surface area (Å²) in [5.41, 5.74) is 4.97. The van der Waals surface area contributed by atoms with Gasteiger partial charge >= 0.3 is 0 Å². The molecule has 0 fully saturated rings. The average molecular weight is 460 g/mol. The number of hydrogen-bond acceptors (Lipinski definition) is 6. The van der Waals surface area contributed by atoms with E-state index in [2.05, 4.69) is 58.0 Å². The summed E-state index contributed by atoms with van der Waals surface area (Å²) in [4.78, 5) is 22.5. The highest BCUT2D eigenvalue weighted by Crippen LogP contribution is 2.31. The number of aryl methyl sites for hydroxylation is 2. The molecule has 0 unspecified atom stereocenters. The van der Waals surface area contributed by atoms with Gasteiger partial charge in [-0.25, -0.2) is 9.97 Å². The molecule has 0 amide bonds. The number of benzene rings is 2. The summed E-state index contributed by atoms with van der Waals surface area (Å²) >= 11 is 3.03. The molecule has 0 atom stereocenters. The van der Waals surface area contributed by atoms with Crippen molar-refractivity contribution in [1.82, 2.24) is 24.1 Å². The van der Waals surface area contributed by atoms with Gasteiger partial charge in [0.05, 0.1) is 17.6 Å². The van der Waals surface area contributed by atoms with E-state index in [9.17, 15) is 4.79 Å². The van der Waals surface area contributed by atoms with Gasteiger partial charge in [-0.2, -0.15) is 9.61 Å². The number of imidazole rings is 1. The molecule has 5 rings (SSSR count). The first-order valence-electron chi connectivity index (χ1n) is 10.3. The molecule has 0 saturated heterocycles. The Morgan fingerprint density at radius 2 is 1.84 bits per heavy atom. The maximum Gasteiger partial charge on any atom is 0.275 e. The van der Waals surface area contributed by atoms with Crippen LogP contribution in [-0.2, 0) is 12.2 Å². The van der Waals surface area contributed by atoms with Crippen LogP contribution >= 0.6 is 23.1 Å². The summed E-state index contributed by atoms with van der Waals surface area (Å²) in [7, 11) is 0. The molecule has 8 heteroatoms. The van der Waals surface area contributed by atoms with E-state index in [-0.39, 0.29) is 5.56 Å². The van der Waals surface area contributed by atoms with E-state index in [0.717, 1.165) is 39.2 Å². The van der Waals surface area contributed by atoms with Crippen LogP contribution in [0.3, 0.4) is 0 Å². The average Bonchev–Trinajstić information content (AvgIpc) is 3.43. The van der Waals surface area contributed by atoms with E-state index in [1.807, 2.05) is 31.3 Å². The molecule has 0 aliphatic heterocycles. The second-order valence-corrected chi connectivity index (χ2v) is 9.36. The molecule has 2 aromatic carbocycles. The lowest BCUT2D eigenvalue weighted by molar-refractivity contribution is 0.851. The summed E-state index contributed by atoms with van der Waals surface area (Å²) in [5.74, 6) is 0.544. The Hall–Kier alpha value is -3.23. The van der Waals surface area contributed by atoms with Gasteiger partial charge in [0.15, 0.2) is 5.16 Å². The van der Waals surface area contributed by atoms with Crippen molar-refractivity contribution in [3.05, 3.63) is 93.5 Å². The zero-order valence-electron chi connectivity index (χ0n) is 17.7. The first kappa shape index (κ1) is 20.7. The highest BCUT2D eigenvalue weighted by Gasteiger charge is 2.15. The first-order valence-corrected chi connectivity index (χ1v) is 12.1. The zero-order chi connectivity index (χ0) is 22.1. The molecule has 160 valence electrons. The molecule has 5 aromatic rings. The SMILES string of the molecule is CCc1nn2c(=O)cc(CSc3ncc(-c4ccc(C)cc4)n3-c3ccccc3)nc2s1. The Balaban J connectivity index is 1.51. The third kappa shape index (κ3) is 3.99. The number of thioether (sulfide) groups is 1. The molecule has 3 aromatic heterocycles. The fraction of sp³-hybridized carbons (Fsp3) is 0.167. The summed E-state index contributed by atoms with van der Waals surface area (Å²) in [6.07, 6.45) is 2.69. The van der Waals surface area contributed by atoms with E-state index >= 15 is 0 Å². The Kier molecular flexibility index (Phi) is 5.63. The lowest BCUT2D eigenvalue weighted by atomic mass is 10.1. The first-order chi connectivity index (χ1) is 15.6. The van der Waals surface area contributed by atoms with E-state index in [1.165, 1.54) is 21.4 Å². The molecule has 0 saturated carbocycles. The van der Waals surface area contributed by atoms with E-state index in [0.29, 0.717) is 10.7 Å². The number of rotatable bonds is 6. The second-order valence-electron chi connectivity index (χ2n) is 7.38. The Morgan fingerprint density at radius 3 is 2.59 bits per heavy atom. The molecule has 3 heterocycles. The molecule has 6 nitrogen and oxygen atoms in total. The second kappa shape index (κ2) is 8.72. The standard InChI is InChI=1S/C24H21N5OS2/c1-3-21-27-29-22(30)13-18(26-24(29)32-21)15-31-23-25-14-20(17-11-9-16(2)10-12-17)28(23)19-7-5-4-6-8-19/h4-14H,3,15H2,1-2H3. The van der Waals surface area contributed by atoms with Gasteiger partial charge in [0, 0.05) is 23.1 Å². The third-order valence-electron chi connectivity index (χ3n) is 5.08. The molecular weight excluding hydrogens is 438 g/mol. The Morgan fingerprint density at radius 1 is 1.06 bits per heavy atom. The zero-order valence-corrected chi connectivity index (χ0v) is 19.4. The molecule has 32 heavy (non-hydrogen) atoms. The van der Waals surface area contributed by atoms with Crippen molar-refractivity contribution >= 4 is 28.1 Å². The number of hydrogen-bond donors (Lipinski definition) is 0. The van der Waals surface area contributed by atoms with Crippen molar-refractivity contribution in [2.45, 2.75) is 31.2 Å². The minimum Gasteiger partial charge on any atom is -0.287 e. The van der Waals surface area contributed by atoms with Gasteiger partial charge in [0.25, 0.3) is 5.56 Å². The van der Waals surface area contributed by atoms with Crippen LogP contribution in [0.15, 0.2) is 76.8 Å². The quantitative estimate of drug-likeness (QED) is 0.328. The summed E-state index contributed by atoms with van der Waals surface area (Å²) in [6, 6.07) is 20.2. The third-order valence-corrected chi connectivity index (χ3v) is 7.12. The molecule has 0 N–H and O–H groups in total. The number of nitrogens with zero attached hydrogens (tertiary/aromatic N) is 5. The maximum atomic E-state index is 12.5. The van der Waals surface area contributed by atoms with Gasteiger partial charge in [-0.3, -0.25) is 9.36 Å². The molecular formula is C24H21N5OS2. The van der Waals surface area contributed by atoms with Crippen LogP contribution in [0.1, 0.15) is 23.2 Å². The van der Waals surface area contributed by atoms with Crippen LogP contribution in [0.2, 0.25) is 0 Å². The minimum atomic E-state index is -0.145. The van der Waals surface area contributed by atoms with Crippen LogP contribution in [0.5, 0.6) is 0 Å². The van der Waals surface area contributed by atoms with Crippen molar-refractivity contribution in [2.24, 2.45) is 0 Å². The fourth-order valence-corrected chi connectivity index (χ4v) is 5.19. The molecule has 0 spiro atoms. The van der Waals surface area contributed by atoms with Gasteiger partial charge in [-0.05, 0) is 25.5 Å². The van der Waals surface area contributed by atoms with E-state index in [4.69, 9.17) is 4.98 Å². The van der Waals surface area contributed by atoms with Gasteiger partial charge in [-0.15, -0.1) is 0 Å².